The predicted molar refractivity (Wildman–Crippen MR) is 68.3 cm³/mol. The summed E-state index contributed by atoms with van der Waals surface area (Å²) in [5.74, 6) is 0. The number of nitrogens with zero attached hydrogens (tertiary/aromatic N) is 1. The smallest absolute Gasteiger partial charge is 0.0931 e. The molecule has 2 fully saturated rings. The van der Waals surface area contributed by atoms with E-state index in [-0.39, 0.29) is 6.10 Å². The fourth-order valence-corrected chi connectivity index (χ4v) is 2.61. The Morgan fingerprint density at radius 3 is 2.71 bits per heavy atom. The van der Waals surface area contributed by atoms with E-state index >= 15 is 0 Å². The Bertz CT molecular complexity index is 221. The van der Waals surface area contributed by atoms with Gasteiger partial charge in [0.15, 0.2) is 0 Å². The van der Waals surface area contributed by atoms with E-state index in [0.29, 0.717) is 12.6 Å². The standard InChI is InChI=1S/C13H26N2O2/c1-16-10-13(17-2)9-15-7-3-4-12(8-15)14-11-5-6-11/h11-14H,3-10H2,1-2H3. The van der Waals surface area contributed by atoms with Crippen molar-refractivity contribution in [2.75, 3.05) is 40.5 Å². The van der Waals surface area contributed by atoms with Crippen molar-refractivity contribution in [1.29, 1.82) is 0 Å². The summed E-state index contributed by atoms with van der Waals surface area (Å²) < 4.78 is 10.6. The van der Waals surface area contributed by atoms with Crippen molar-refractivity contribution in [2.45, 2.75) is 43.9 Å². The average Bonchev–Trinajstić information content (AvgIpc) is 3.13. The van der Waals surface area contributed by atoms with Gasteiger partial charge in [-0.1, -0.05) is 0 Å². The van der Waals surface area contributed by atoms with Crippen molar-refractivity contribution in [3.8, 4) is 0 Å². The minimum atomic E-state index is 0.208. The molecule has 2 unspecified atom stereocenters. The molecular formula is C13H26N2O2. The first-order chi connectivity index (χ1) is 8.31. The van der Waals surface area contributed by atoms with Gasteiger partial charge in [-0.2, -0.15) is 0 Å². The number of methoxy groups -OCH3 is 2. The molecule has 1 saturated carbocycles. The van der Waals surface area contributed by atoms with Crippen molar-refractivity contribution in [1.82, 2.24) is 10.2 Å². The first-order valence-electron chi connectivity index (χ1n) is 6.82. The molecule has 1 saturated heterocycles. The van der Waals surface area contributed by atoms with Crippen molar-refractivity contribution in [2.24, 2.45) is 0 Å². The highest BCUT2D eigenvalue weighted by Crippen LogP contribution is 2.22. The van der Waals surface area contributed by atoms with Gasteiger partial charge in [-0.25, -0.2) is 0 Å². The number of hydrogen-bond donors (Lipinski definition) is 1. The number of piperidine rings is 1. The maximum absolute atomic E-state index is 5.44. The highest BCUT2D eigenvalue weighted by atomic mass is 16.5. The molecule has 100 valence electrons. The zero-order valence-corrected chi connectivity index (χ0v) is 11.2. The Morgan fingerprint density at radius 1 is 1.24 bits per heavy atom. The van der Waals surface area contributed by atoms with E-state index in [1.807, 2.05) is 0 Å². The molecule has 4 nitrogen and oxygen atoms in total. The second-order valence-corrected chi connectivity index (χ2v) is 5.35. The van der Waals surface area contributed by atoms with E-state index in [0.717, 1.165) is 12.6 Å². The lowest BCUT2D eigenvalue weighted by atomic mass is 10.1. The molecular weight excluding hydrogens is 216 g/mol. The average molecular weight is 242 g/mol. The fraction of sp³-hybridized carbons (Fsp3) is 1.00. The van der Waals surface area contributed by atoms with Crippen LogP contribution < -0.4 is 5.32 Å². The number of rotatable bonds is 7. The first kappa shape index (κ1) is 13.3. The lowest BCUT2D eigenvalue weighted by molar-refractivity contribution is 0.000369. The Morgan fingerprint density at radius 2 is 2.06 bits per heavy atom. The zero-order valence-electron chi connectivity index (χ0n) is 11.2. The highest BCUT2D eigenvalue weighted by Gasteiger charge is 2.28. The lowest BCUT2D eigenvalue weighted by Crippen LogP contribution is -2.49. The summed E-state index contributed by atoms with van der Waals surface area (Å²) in [7, 11) is 3.51. The van der Waals surface area contributed by atoms with Gasteiger partial charge < -0.3 is 14.8 Å². The Kier molecular flexibility index (Phi) is 5.22. The topological polar surface area (TPSA) is 33.7 Å². The molecule has 0 bridgehead atoms. The Labute approximate surface area is 105 Å². The van der Waals surface area contributed by atoms with Gasteiger partial charge >= 0.3 is 0 Å². The van der Waals surface area contributed by atoms with Crippen LogP contribution in [-0.2, 0) is 9.47 Å². The van der Waals surface area contributed by atoms with Crippen LogP contribution in [0.1, 0.15) is 25.7 Å². The summed E-state index contributed by atoms with van der Waals surface area (Å²) in [5.41, 5.74) is 0. The van der Waals surface area contributed by atoms with Gasteiger partial charge in [-0.15, -0.1) is 0 Å². The molecule has 2 atom stereocenters. The summed E-state index contributed by atoms with van der Waals surface area (Å²) in [5, 5.41) is 3.73. The Hall–Kier alpha value is -0.160. The van der Waals surface area contributed by atoms with Crippen LogP contribution >= 0.6 is 0 Å². The fourth-order valence-electron chi connectivity index (χ4n) is 2.61. The van der Waals surface area contributed by atoms with Crippen LogP contribution in [0.2, 0.25) is 0 Å². The molecule has 0 aromatic rings. The molecule has 1 aliphatic carbocycles. The molecule has 0 aromatic carbocycles. The van der Waals surface area contributed by atoms with Crippen LogP contribution in [0.25, 0.3) is 0 Å². The van der Waals surface area contributed by atoms with E-state index in [1.165, 1.54) is 38.8 Å². The third-order valence-corrected chi connectivity index (χ3v) is 3.70. The second-order valence-electron chi connectivity index (χ2n) is 5.35. The van der Waals surface area contributed by atoms with Crippen molar-refractivity contribution in [3.63, 3.8) is 0 Å². The minimum absolute atomic E-state index is 0.208. The van der Waals surface area contributed by atoms with Gasteiger partial charge in [0, 0.05) is 39.4 Å². The van der Waals surface area contributed by atoms with Crippen molar-refractivity contribution in [3.05, 3.63) is 0 Å². The van der Waals surface area contributed by atoms with Crippen molar-refractivity contribution >= 4 is 0 Å². The number of hydrogen-bond acceptors (Lipinski definition) is 4. The van der Waals surface area contributed by atoms with Gasteiger partial charge in [0.05, 0.1) is 12.7 Å². The summed E-state index contributed by atoms with van der Waals surface area (Å²) in [6.45, 7) is 4.05. The predicted octanol–water partition coefficient (Wildman–Crippen LogP) is 0.864. The van der Waals surface area contributed by atoms with E-state index in [2.05, 4.69) is 10.2 Å². The second kappa shape index (κ2) is 6.69. The van der Waals surface area contributed by atoms with Gasteiger partial charge in [-0.3, -0.25) is 4.90 Å². The third-order valence-electron chi connectivity index (χ3n) is 3.70. The molecule has 0 spiro atoms. The van der Waals surface area contributed by atoms with E-state index in [1.54, 1.807) is 14.2 Å². The highest BCUT2D eigenvalue weighted by molar-refractivity contribution is 4.88. The minimum Gasteiger partial charge on any atom is -0.382 e. The molecule has 0 amide bonds. The zero-order chi connectivity index (χ0) is 12.1. The summed E-state index contributed by atoms with van der Waals surface area (Å²) >= 11 is 0. The van der Waals surface area contributed by atoms with Gasteiger partial charge in [0.25, 0.3) is 0 Å². The molecule has 1 aliphatic heterocycles. The first-order valence-corrected chi connectivity index (χ1v) is 6.82. The molecule has 0 aromatic heterocycles. The number of ether oxygens (including phenoxy) is 2. The van der Waals surface area contributed by atoms with Crippen LogP contribution in [0.15, 0.2) is 0 Å². The summed E-state index contributed by atoms with van der Waals surface area (Å²) in [6.07, 6.45) is 5.59. The van der Waals surface area contributed by atoms with Crippen LogP contribution in [0.4, 0.5) is 0 Å². The molecule has 1 heterocycles. The maximum Gasteiger partial charge on any atom is 0.0931 e. The maximum atomic E-state index is 5.44. The van der Waals surface area contributed by atoms with E-state index < -0.39 is 0 Å². The Balaban J connectivity index is 1.71. The van der Waals surface area contributed by atoms with E-state index in [4.69, 9.17) is 9.47 Å². The van der Waals surface area contributed by atoms with E-state index in [9.17, 15) is 0 Å². The largest absolute Gasteiger partial charge is 0.382 e. The lowest BCUT2D eigenvalue weighted by Gasteiger charge is -2.35. The molecule has 2 aliphatic rings. The molecule has 17 heavy (non-hydrogen) atoms. The summed E-state index contributed by atoms with van der Waals surface area (Å²) in [6, 6.07) is 1.51. The molecule has 2 rings (SSSR count). The van der Waals surface area contributed by atoms with Crippen LogP contribution in [0.5, 0.6) is 0 Å². The van der Waals surface area contributed by atoms with Crippen molar-refractivity contribution < 1.29 is 9.47 Å². The monoisotopic (exact) mass is 242 g/mol. The van der Waals surface area contributed by atoms with Gasteiger partial charge in [0.1, 0.15) is 0 Å². The number of likely N-dealkylation sites (tertiary alicyclic amines) is 1. The normalized spacial score (nSPS) is 28.2. The quantitative estimate of drug-likeness (QED) is 0.718. The molecule has 1 N–H and O–H groups in total. The van der Waals surface area contributed by atoms with Crippen LogP contribution in [0, 0.1) is 0 Å². The number of nitrogens with one attached hydrogen (secondary N) is 1. The van der Waals surface area contributed by atoms with Crippen LogP contribution in [-0.4, -0.2) is 63.5 Å². The molecule has 4 heteroatoms. The SMILES string of the molecule is COCC(CN1CCCC(NC2CC2)C1)OC. The van der Waals surface area contributed by atoms with Crippen LogP contribution in [0.3, 0.4) is 0 Å². The summed E-state index contributed by atoms with van der Waals surface area (Å²) in [4.78, 5) is 2.51. The molecule has 0 radical (unpaired) electrons. The van der Waals surface area contributed by atoms with Gasteiger partial charge in [-0.05, 0) is 32.2 Å². The third kappa shape index (κ3) is 4.54. The van der Waals surface area contributed by atoms with Gasteiger partial charge in [0.2, 0.25) is 0 Å².